The molecule has 0 aliphatic heterocycles. The van der Waals surface area contributed by atoms with Gasteiger partial charge in [-0.3, -0.25) is 10.1 Å². The summed E-state index contributed by atoms with van der Waals surface area (Å²) in [6.07, 6.45) is 7.49. The largest absolute Gasteiger partial charge is 0.433 e. The summed E-state index contributed by atoms with van der Waals surface area (Å²) in [5.41, 5.74) is 0. The lowest BCUT2D eigenvalue weighted by Crippen LogP contribution is -1.82. The third kappa shape index (κ3) is 2.84. The van der Waals surface area contributed by atoms with E-state index in [0.717, 1.165) is 0 Å². The minimum atomic E-state index is -0.595. The predicted molar refractivity (Wildman–Crippen MR) is 58.3 cm³/mol. The fourth-order valence-electron chi connectivity index (χ4n) is 1.04. The highest BCUT2D eigenvalue weighted by molar-refractivity contribution is 5.77. The SMILES string of the molecule is O=[N+]([O-])c1ccc(/C=C/C=N\n2cnnc2)o1. The standard InChI is InChI=1S/C9H7N5O3/c15-14(16)9-4-3-8(17-9)2-1-5-12-13-6-10-11-7-13/h1-7H/b2-1+,12-5-. The Kier molecular flexibility index (Phi) is 3.05. The van der Waals surface area contributed by atoms with Gasteiger partial charge in [-0.05, 0) is 18.2 Å². The van der Waals surface area contributed by atoms with Crippen LogP contribution in [0.15, 0.2) is 40.4 Å². The van der Waals surface area contributed by atoms with Crippen LogP contribution in [0.2, 0.25) is 0 Å². The van der Waals surface area contributed by atoms with Gasteiger partial charge in [0.05, 0.1) is 6.07 Å². The van der Waals surface area contributed by atoms with Gasteiger partial charge in [-0.2, -0.15) is 5.10 Å². The third-order valence-electron chi connectivity index (χ3n) is 1.75. The summed E-state index contributed by atoms with van der Waals surface area (Å²) in [5.74, 6) is 0.0901. The molecule has 0 radical (unpaired) electrons. The fraction of sp³-hybridized carbons (Fsp3) is 0. The molecule has 0 aliphatic carbocycles. The lowest BCUT2D eigenvalue weighted by molar-refractivity contribution is -0.402. The molecule has 2 rings (SSSR count). The number of nitro groups is 1. The summed E-state index contributed by atoms with van der Waals surface area (Å²) in [4.78, 5) is 9.75. The maximum absolute atomic E-state index is 10.3. The van der Waals surface area contributed by atoms with Crippen LogP contribution in [0.25, 0.3) is 6.08 Å². The first-order chi connectivity index (χ1) is 8.25. The van der Waals surface area contributed by atoms with E-state index in [2.05, 4.69) is 15.3 Å². The van der Waals surface area contributed by atoms with Gasteiger partial charge in [0.1, 0.15) is 23.3 Å². The van der Waals surface area contributed by atoms with E-state index in [1.54, 1.807) is 12.2 Å². The van der Waals surface area contributed by atoms with E-state index in [9.17, 15) is 10.1 Å². The van der Waals surface area contributed by atoms with Crippen LogP contribution in [0.3, 0.4) is 0 Å². The number of furan rings is 1. The molecule has 0 amide bonds. The minimum absolute atomic E-state index is 0.291. The van der Waals surface area contributed by atoms with Crippen molar-refractivity contribution in [1.82, 2.24) is 14.9 Å². The van der Waals surface area contributed by atoms with Crippen molar-refractivity contribution >= 4 is 18.2 Å². The molecule has 0 aliphatic rings. The molecule has 2 aromatic rings. The molecule has 0 aromatic carbocycles. The maximum atomic E-state index is 10.3. The molecule has 86 valence electrons. The van der Waals surface area contributed by atoms with Gasteiger partial charge in [0, 0.05) is 6.21 Å². The van der Waals surface area contributed by atoms with Crippen molar-refractivity contribution in [3.8, 4) is 0 Å². The van der Waals surface area contributed by atoms with Crippen LogP contribution < -0.4 is 0 Å². The second-order valence-electron chi connectivity index (χ2n) is 2.90. The first kappa shape index (κ1) is 10.7. The Balaban J connectivity index is 1.98. The summed E-state index contributed by atoms with van der Waals surface area (Å²) >= 11 is 0. The molecule has 2 aromatic heterocycles. The average molecular weight is 233 g/mol. The van der Waals surface area contributed by atoms with Crippen LogP contribution in [-0.2, 0) is 0 Å². The van der Waals surface area contributed by atoms with Crippen LogP contribution in [0, 0.1) is 10.1 Å². The monoisotopic (exact) mass is 233 g/mol. The van der Waals surface area contributed by atoms with E-state index < -0.39 is 4.92 Å². The van der Waals surface area contributed by atoms with Gasteiger partial charge in [0.15, 0.2) is 0 Å². The minimum Gasteiger partial charge on any atom is -0.401 e. The van der Waals surface area contributed by atoms with Gasteiger partial charge >= 0.3 is 5.88 Å². The molecular formula is C9H7N5O3. The van der Waals surface area contributed by atoms with Crippen molar-refractivity contribution in [2.45, 2.75) is 0 Å². The number of aromatic nitrogens is 3. The van der Waals surface area contributed by atoms with Gasteiger partial charge in [-0.1, -0.05) is 0 Å². The summed E-state index contributed by atoms with van der Waals surface area (Å²) in [7, 11) is 0. The van der Waals surface area contributed by atoms with Gasteiger partial charge in [-0.25, -0.2) is 4.68 Å². The van der Waals surface area contributed by atoms with Gasteiger partial charge in [-0.15, -0.1) is 10.2 Å². The summed E-state index contributed by atoms with van der Waals surface area (Å²) < 4.78 is 6.31. The number of hydrogen-bond donors (Lipinski definition) is 0. The molecule has 8 nitrogen and oxygen atoms in total. The van der Waals surface area contributed by atoms with Crippen molar-refractivity contribution in [3.05, 3.63) is 46.7 Å². The van der Waals surface area contributed by atoms with Gasteiger partial charge in [0.25, 0.3) is 0 Å². The highest BCUT2D eigenvalue weighted by atomic mass is 16.6. The summed E-state index contributed by atoms with van der Waals surface area (Å²) in [5, 5.41) is 21.4. The van der Waals surface area contributed by atoms with E-state index in [-0.39, 0.29) is 5.88 Å². The molecule has 0 spiro atoms. The smallest absolute Gasteiger partial charge is 0.401 e. The Bertz CT molecular complexity index is 555. The topological polar surface area (TPSA) is 99.3 Å². The zero-order valence-corrected chi connectivity index (χ0v) is 8.50. The van der Waals surface area contributed by atoms with Crippen molar-refractivity contribution in [2.24, 2.45) is 5.10 Å². The van der Waals surface area contributed by atoms with E-state index in [1.807, 2.05) is 0 Å². The van der Waals surface area contributed by atoms with Gasteiger partial charge < -0.3 is 4.42 Å². The highest BCUT2D eigenvalue weighted by Crippen LogP contribution is 2.16. The quantitative estimate of drug-likeness (QED) is 0.450. The molecule has 0 unspecified atom stereocenters. The van der Waals surface area contributed by atoms with E-state index in [1.165, 1.54) is 35.7 Å². The van der Waals surface area contributed by atoms with E-state index in [4.69, 9.17) is 4.42 Å². The zero-order chi connectivity index (χ0) is 12.1. The second kappa shape index (κ2) is 4.84. The molecule has 17 heavy (non-hydrogen) atoms. The normalized spacial score (nSPS) is 11.5. The van der Waals surface area contributed by atoms with Crippen LogP contribution in [-0.4, -0.2) is 26.0 Å². The van der Waals surface area contributed by atoms with Crippen LogP contribution >= 0.6 is 0 Å². The average Bonchev–Trinajstić information content (AvgIpc) is 2.96. The van der Waals surface area contributed by atoms with Gasteiger partial charge in [0.2, 0.25) is 0 Å². The molecule has 0 saturated carbocycles. The highest BCUT2D eigenvalue weighted by Gasteiger charge is 2.09. The predicted octanol–water partition coefficient (Wildman–Crippen LogP) is 1.33. The van der Waals surface area contributed by atoms with E-state index in [0.29, 0.717) is 5.76 Å². The van der Waals surface area contributed by atoms with Crippen LogP contribution in [0.4, 0.5) is 5.88 Å². The molecule has 0 bridgehead atoms. The summed E-state index contributed by atoms with van der Waals surface area (Å²) in [6, 6.07) is 2.79. The molecular weight excluding hydrogens is 226 g/mol. The Labute approximate surface area is 95.0 Å². The Hall–Kier alpha value is -2.77. The Morgan fingerprint density at radius 1 is 1.41 bits per heavy atom. The summed E-state index contributed by atoms with van der Waals surface area (Å²) in [6.45, 7) is 0. The second-order valence-corrected chi connectivity index (χ2v) is 2.90. The lowest BCUT2D eigenvalue weighted by Gasteiger charge is -1.84. The number of rotatable bonds is 4. The van der Waals surface area contributed by atoms with Crippen molar-refractivity contribution in [1.29, 1.82) is 0 Å². The fourth-order valence-corrected chi connectivity index (χ4v) is 1.04. The van der Waals surface area contributed by atoms with Crippen molar-refractivity contribution in [2.75, 3.05) is 0 Å². The van der Waals surface area contributed by atoms with E-state index >= 15 is 0 Å². The zero-order valence-electron chi connectivity index (χ0n) is 8.50. The van der Waals surface area contributed by atoms with Crippen molar-refractivity contribution < 1.29 is 9.34 Å². The maximum Gasteiger partial charge on any atom is 0.433 e. The number of nitrogens with zero attached hydrogens (tertiary/aromatic N) is 5. The Morgan fingerprint density at radius 3 is 2.82 bits per heavy atom. The molecule has 0 N–H and O–H groups in total. The van der Waals surface area contributed by atoms with Crippen LogP contribution in [0.1, 0.15) is 5.76 Å². The van der Waals surface area contributed by atoms with Crippen LogP contribution in [0.5, 0.6) is 0 Å². The third-order valence-corrected chi connectivity index (χ3v) is 1.75. The lowest BCUT2D eigenvalue weighted by atomic mass is 10.4. The molecule has 2 heterocycles. The first-order valence-corrected chi connectivity index (χ1v) is 4.55. The first-order valence-electron chi connectivity index (χ1n) is 4.55. The number of hydrogen-bond acceptors (Lipinski definition) is 6. The molecule has 8 heteroatoms. The van der Waals surface area contributed by atoms with Crippen molar-refractivity contribution in [3.63, 3.8) is 0 Å². The molecule has 0 atom stereocenters. The molecule has 0 saturated heterocycles. The Morgan fingerprint density at radius 2 is 2.18 bits per heavy atom. The molecule has 0 fully saturated rings. The number of allylic oxidation sites excluding steroid dienone is 1.